The quantitative estimate of drug-likeness (QED) is 0.770. The number of hydrogen-bond acceptors (Lipinski definition) is 2. The van der Waals surface area contributed by atoms with E-state index in [-0.39, 0.29) is 5.92 Å². The van der Waals surface area contributed by atoms with E-state index in [4.69, 9.17) is 4.74 Å². The minimum Gasteiger partial charge on any atom is -0.492 e. The summed E-state index contributed by atoms with van der Waals surface area (Å²) in [6, 6.07) is 4.04. The summed E-state index contributed by atoms with van der Waals surface area (Å²) in [4.78, 5) is 12.8. The molecule has 1 aliphatic heterocycles. The summed E-state index contributed by atoms with van der Waals surface area (Å²) in [5, 5.41) is 0. The number of fused-ring (bicyclic) bond motifs is 2. The van der Waals surface area contributed by atoms with E-state index in [1.807, 2.05) is 6.07 Å². The average Bonchev–Trinajstić information content (AvgIpc) is 2.96. The molecule has 19 heavy (non-hydrogen) atoms. The van der Waals surface area contributed by atoms with Crippen molar-refractivity contribution in [2.24, 2.45) is 17.8 Å². The first-order valence-electron chi connectivity index (χ1n) is 7.25. The van der Waals surface area contributed by atoms with Gasteiger partial charge in [0.2, 0.25) is 0 Å². The second kappa shape index (κ2) is 4.34. The van der Waals surface area contributed by atoms with Gasteiger partial charge in [-0.2, -0.15) is 0 Å². The molecule has 3 aliphatic rings. The first-order chi connectivity index (χ1) is 9.25. The molecule has 0 aromatic heterocycles. The Labute approximate surface area is 121 Å². The summed E-state index contributed by atoms with van der Waals surface area (Å²) in [5.74, 6) is 2.80. The third-order valence-corrected chi connectivity index (χ3v) is 5.43. The van der Waals surface area contributed by atoms with E-state index in [0.717, 1.165) is 22.2 Å². The summed E-state index contributed by atoms with van der Waals surface area (Å²) >= 11 is 3.52. The van der Waals surface area contributed by atoms with Crippen LogP contribution in [0.15, 0.2) is 16.6 Å². The molecule has 2 saturated carbocycles. The number of Topliss-reactive ketones (excluding diaryl/α,β-unsaturated/α-hetero) is 1. The molecular formula is C16H17BrO2. The predicted octanol–water partition coefficient (Wildman–Crippen LogP) is 4.00. The molecule has 4 rings (SSSR count). The van der Waals surface area contributed by atoms with Crippen molar-refractivity contribution in [2.45, 2.75) is 32.1 Å². The van der Waals surface area contributed by atoms with Crippen LogP contribution in [0.3, 0.4) is 0 Å². The normalized spacial score (nSPS) is 31.3. The van der Waals surface area contributed by atoms with E-state index < -0.39 is 0 Å². The van der Waals surface area contributed by atoms with Crippen LogP contribution in [0.25, 0.3) is 0 Å². The Bertz CT molecular complexity index is 540. The number of carbonyl (C=O) groups excluding carboxylic acids is 1. The summed E-state index contributed by atoms with van der Waals surface area (Å²) in [6.45, 7) is 0.712. The van der Waals surface area contributed by atoms with Crippen molar-refractivity contribution in [3.63, 3.8) is 0 Å². The van der Waals surface area contributed by atoms with Crippen molar-refractivity contribution in [1.82, 2.24) is 0 Å². The summed E-state index contributed by atoms with van der Waals surface area (Å²) < 4.78 is 6.70. The number of halogens is 1. The number of carbonyl (C=O) groups is 1. The maximum absolute atomic E-state index is 12.8. The third kappa shape index (κ3) is 1.85. The second-order valence-corrected chi connectivity index (χ2v) is 6.96. The molecule has 0 spiro atoms. The largest absolute Gasteiger partial charge is 0.492 e. The highest BCUT2D eigenvalue weighted by molar-refractivity contribution is 9.10. The minimum atomic E-state index is 0.282. The van der Waals surface area contributed by atoms with E-state index in [2.05, 4.69) is 22.0 Å². The van der Waals surface area contributed by atoms with E-state index in [9.17, 15) is 4.79 Å². The first-order valence-corrected chi connectivity index (χ1v) is 8.04. The van der Waals surface area contributed by atoms with Gasteiger partial charge in [0.05, 0.1) is 12.2 Å². The average molecular weight is 321 g/mol. The van der Waals surface area contributed by atoms with Gasteiger partial charge in [-0.25, -0.2) is 0 Å². The SMILES string of the molecule is O=C(c1cc(Br)cc2c1OCC2)C1C2CCCCC21. The number of ketones is 1. The van der Waals surface area contributed by atoms with Gasteiger partial charge in [-0.1, -0.05) is 28.8 Å². The number of benzene rings is 1. The van der Waals surface area contributed by atoms with Gasteiger partial charge in [-0.15, -0.1) is 0 Å². The standard InChI is InChI=1S/C16H17BrO2/c17-10-7-9-5-6-19-16(9)13(8-10)15(18)14-11-3-1-2-4-12(11)14/h7-8,11-12,14H,1-6H2. The van der Waals surface area contributed by atoms with E-state index in [1.165, 1.54) is 31.2 Å². The van der Waals surface area contributed by atoms with E-state index in [1.54, 1.807) is 0 Å². The highest BCUT2D eigenvalue weighted by Gasteiger charge is 2.55. The molecule has 1 heterocycles. The molecule has 2 aliphatic carbocycles. The molecule has 2 unspecified atom stereocenters. The molecule has 100 valence electrons. The molecule has 0 radical (unpaired) electrons. The van der Waals surface area contributed by atoms with Crippen molar-refractivity contribution in [3.05, 3.63) is 27.7 Å². The monoisotopic (exact) mass is 320 g/mol. The summed E-state index contributed by atoms with van der Waals surface area (Å²) in [6.07, 6.45) is 6.03. The Morgan fingerprint density at radius 2 is 1.95 bits per heavy atom. The van der Waals surface area contributed by atoms with Crippen molar-refractivity contribution in [1.29, 1.82) is 0 Å². The van der Waals surface area contributed by atoms with Crippen LogP contribution < -0.4 is 4.74 Å². The lowest BCUT2D eigenvalue weighted by Gasteiger charge is -2.08. The van der Waals surface area contributed by atoms with Gasteiger partial charge < -0.3 is 4.74 Å². The molecule has 2 fully saturated rings. The topological polar surface area (TPSA) is 26.3 Å². The molecule has 0 N–H and O–H groups in total. The highest BCUT2D eigenvalue weighted by Crippen LogP contribution is 2.57. The van der Waals surface area contributed by atoms with Gasteiger partial charge in [0.15, 0.2) is 5.78 Å². The summed E-state index contributed by atoms with van der Waals surface area (Å²) in [7, 11) is 0. The van der Waals surface area contributed by atoms with Crippen LogP contribution in [0.2, 0.25) is 0 Å². The lowest BCUT2D eigenvalue weighted by atomic mass is 10.0. The fourth-order valence-electron chi connectivity index (χ4n) is 4.01. The maximum atomic E-state index is 12.8. The van der Waals surface area contributed by atoms with Crippen LogP contribution >= 0.6 is 15.9 Å². The molecule has 0 bridgehead atoms. The molecule has 2 nitrogen and oxygen atoms in total. The number of rotatable bonds is 2. The van der Waals surface area contributed by atoms with Crippen LogP contribution in [-0.4, -0.2) is 12.4 Å². The van der Waals surface area contributed by atoms with Crippen molar-refractivity contribution < 1.29 is 9.53 Å². The molecule has 1 aromatic carbocycles. The lowest BCUT2D eigenvalue weighted by molar-refractivity contribution is 0.0953. The van der Waals surface area contributed by atoms with Crippen molar-refractivity contribution in [2.75, 3.05) is 6.61 Å². The zero-order chi connectivity index (χ0) is 13.0. The zero-order valence-corrected chi connectivity index (χ0v) is 12.4. The molecule has 1 aromatic rings. The van der Waals surface area contributed by atoms with E-state index >= 15 is 0 Å². The molecule has 3 heteroatoms. The molecule has 0 amide bonds. The van der Waals surface area contributed by atoms with Gasteiger partial charge in [0, 0.05) is 16.8 Å². The molecule has 2 atom stereocenters. The van der Waals surface area contributed by atoms with Crippen LogP contribution in [0, 0.1) is 17.8 Å². The van der Waals surface area contributed by atoms with Crippen molar-refractivity contribution in [3.8, 4) is 5.75 Å². The Morgan fingerprint density at radius 1 is 1.21 bits per heavy atom. The Morgan fingerprint density at radius 3 is 2.68 bits per heavy atom. The first kappa shape index (κ1) is 12.0. The molecule has 0 saturated heterocycles. The van der Waals surface area contributed by atoms with Crippen LogP contribution in [0.4, 0.5) is 0 Å². The number of hydrogen-bond donors (Lipinski definition) is 0. The lowest BCUT2D eigenvalue weighted by Crippen LogP contribution is -2.06. The Balaban J connectivity index is 1.68. The van der Waals surface area contributed by atoms with Crippen LogP contribution in [-0.2, 0) is 6.42 Å². The van der Waals surface area contributed by atoms with Crippen molar-refractivity contribution >= 4 is 21.7 Å². The van der Waals surface area contributed by atoms with Crippen LogP contribution in [0.5, 0.6) is 5.75 Å². The van der Waals surface area contributed by atoms with Gasteiger partial charge in [0.1, 0.15) is 5.75 Å². The number of ether oxygens (including phenoxy) is 1. The predicted molar refractivity (Wildman–Crippen MR) is 76.6 cm³/mol. The van der Waals surface area contributed by atoms with E-state index in [0.29, 0.717) is 24.2 Å². The maximum Gasteiger partial charge on any atom is 0.170 e. The Kier molecular flexibility index (Phi) is 2.73. The minimum absolute atomic E-state index is 0.282. The molecular weight excluding hydrogens is 304 g/mol. The Hall–Kier alpha value is -0.830. The smallest absolute Gasteiger partial charge is 0.170 e. The van der Waals surface area contributed by atoms with Gasteiger partial charge in [-0.3, -0.25) is 4.79 Å². The fraction of sp³-hybridized carbons (Fsp3) is 0.562. The zero-order valence-electron chi connectivity index (χ0n) is 10.8. The van der Waals surface area contributed by atoms with Gasteiger partial charge in [-0.05, 0) is 42.4 Å². The second-order valence-electron chi connectivity index (χ2n) is 6.04. The fourth-order valence-corrected chi connectivity index (χ4v) is 4.52. The van der Waals surface area contributed by atoms with Gasteiger partial charge in [0.25, 0.3) is 0 Å². The third-order valence-electron chi connectivity index (χ3n) is 4.97. The van der Waals surface area contributed by atoms with Gasteiger partial charge >= 0.3 is 0 Å². The van der Waals surface area contributed by atoms with Crippen LogP contribution in [0.1, 0.15) is 41.6 Å². The summed E-state index contributed by atoms with van der Waals surface area (Å²) in [5.41, 5.74) is 2.00. The highest BCUT2D eigenvalue weighted by atomic mass is 79.9.